The number of guanidine groups is 1. The lowest BCUT2D eigenvalue weighted by Crippen LogP contribution is -2.37. The summed E-state index contributed by atoms with van der Waals surface area (Å²) in [5, 5.41) is 9.69. The molecule has 0 aliphatic rings. The normalized spacial score (nSPS) is 14.0. The molecule has 2 atom stereocenters. The second-order valence-corrected chi connectivity index (χ2v) is 3.22. The summed E-state index contributed by atoms with van der Waals surface area (Å²) in [5.74, 6) is -0.257. The van der Waals surface area contributed by atoms with Crippen LogP contribution in [0.3, 0.4) is 0 Å². The average molecular weight is 238 g/mol. The molecule has 0 spiro atoms. The lowest BCUT2D eigenvalue weighted by molar-refractivity contribution is -0.520. The Morgan fingerprint density at radius 2 is 2.07 bits per heavy atom. The fraction of sp³-hybridized carbons (Fsp3) is 0.667. The van der Waals surface area contributed by atoms with Crippen LogP contribution in [0, 0.1) is 10.1 Å². The molecule has 1 unspecified atom stereocenters. The second-order valence-electron chi connectivity index (χ2n) is 2.85. The largest absolute Gasteiger partial charge is 0.370 e. The van der Waals surface area contributed by atoms with E-state index in [0.29, 0.717) is 0 Å². The summed E-state index contributed by atoms with van der Waals surface area (Å²) in [6.07, 6.45) is -0.202. The second kappa shape index (κ2) is 6.14. The van der Waals surface area contributed by atoms with Crippen molar-refractivity contribution in [1.82, 2.24) is 0 Å². The highest BCUT2D eigenvalue weighted by Crippen LogP contribution is 2.04. The number of nitro groups is 1. The van der Waals surface area contributed by atoms with Crippen LogP contribution in [-0.4, -0.2) is 34.8 Å². The van der Waals surface area contributed by atoms with Gasteiger partial charge >= 0.3 is 0 Å². The van der Waals surface area contributed by atoms with Gasteiger partial charge in [0.05, 0.1) is 6.04 Å². The Morgan fingerprint density at radius 3 is 2.40 bits per heavy atom. The number of carbonyl (C=O) groups excluding carboxylic acids is 1. The maximum absolute atomic E-state index is 10.6. The molecule has 0 rings (SSSR count). The smallest absolute Gasteiger partial charge is 0.238 e. The van der Waals surface area contributed by atoms with Crippen LogP contribution >= 0.6 is 11.6 Å². The Kier molecular flexibility index (Phi) is 5.57. The lowest BCUT2D eigenvalue weighted by Gasteiger charge is -2.10. The predicted octanol–water partition coefficient (Wildman–Crippen LogP) is -1.61. The van der Waals surface area contributed by atoms with Crippen molar-refractivity contribution < 1.29 is 9.72 Å². The molecule has 15 heavy (non-hydrogen) atoms. The van der Waals surface area contributed by atoms with Crippen LogP contribution in [0.15, 0.2) is 4.99 Å². The van der Waals surface area contributed by atoms with Gasteiger partial charge in [-0.3, -0.25) is 14.9 Å². The van der Waals surface area contributed by atoms with Gasteiger partial charge in [0.2, 0.25) is 11.3 Å². The molecule has 86 valence electrons. The number of hydrogen-bond donors (Lipinski definition) is 3. The summed E-state index contributed by atoms with van der Waals surface area (Å²) in [4.78, 5) is 24.0. The maximum atomic E-state index is 10.6. The molecule has 6 N–H and O–H groups in total. The van der Waals surface area contributed by atoms with E-state index >= 15 is 0 Å². The fourth-order valence-corrected chi connectivity index (χ4v) is 0.913. The quantitative estimate of drug-likeness (QED) is 0.166. The van der Waals surface area contributed by atoms with Crippen LogP contribution in [0.5, 0.6) is 0 Å². The van der Waals surface area contributed by atoms with Gasteiger partial charge in [-0.05, 0) is 11.6 Å². The van der Waals surface area contributed by atoms with Crippen molar-refractivity contribution in [3.8, 4) is 0 Å². The first-order valence-corrected chi connectivity index (χ1v) is 4.36. The van der Waals surface area contributed by atoms with Crippen LogP contribution in [-0.2, 0) is 4.79 Å². The monoisotopic (exact) mass is 237 g/mol. The zero-order valence-electron chi connectivity index (χ0n) is 7.80. The summed E-state index contributed by atoms with van der Waals surface area (Å²) in [7, 11) is 0. The van der Waals surface area contributed by atoms with Crippen LogP contribution < -0.4 is 17.2 Å². The van der Waals surface area contributed by atoms with Crippen molar-refractivity contribution in [2.45, 2.75) is 18.5 Å². The highest BCUT2D eigenvalue weighted by Gasteiger charge is 2.26. The summed E-state index contributed by atoms with van der Waals surface area (Å²) >= 11 is 5.07. The molecule has 0 saturated heterocycles. The molecule has 0 saturated carbocycles. The summed E-state index contributed by atoms with van der Waals surface area (Å²) in [5.41, 5.74) is 15.3. The van der Waals surface area contributed by atoms with Gasteiger partial charge in [0.15, 0.2) is 5.96 Å². The van der Waals surface area contributed by atoms with Gasteiger partial charge in [-0.2, -0.15) is 0 Å². The topological polar surface area (TPSA) is 151 Å². The first-order chi connectivity index (χ1) is 6.84. The molecule has 0 aliphatic heterocycles. The Hall–Kier alpha value is -1.41. The molecule has 0 aromatic rings. The molecular formula is C6H12ClN5O3. The number of carbonyl (C=O) groups is 1. The van der Waals surface area contributed by atoms with E-state index in [2.05, 4.69) is 4.99 Å². The van der Waals surface area contributed by atoms with Crippen molar-refractivity contribution in [3.05, 3.63) is 10.1 Å². The minimum absolute atomic E-state index is 0.202. The molecule has 9 heteroatoms. The maximum Gasteiger partial charge on any atom is 0.238 e. The summed E-state index contributed by atoms with van der Waals surface area (Å²) in [6.45, 7) is -0.229. The predicted molar refractivity (Wildman–Crippen MR) is 54.9 cm³/mol. The Bertz CT molecular complexity index is 278. The first kappa shape index (κ1) is 13.6. The van der Waals surface area contributed by atoms with Crippen molar-refractivity contribution in [1.29, 1.82) is 0 Å². The number of hydrogen-bond acceptors (Lipinski definition) is 5. The highest BCUT2D eigenvalue weighted by atomic mass is 35.5. The molecule has 0 aliphatic carbocycles. The lowest BCUT2D eigenvalue weighted by atomic mass is 10.1. The molecule has 0 aromatic heterocycles. The van der Waals surface area contributed by atoms with Crippen molar-refractivity contribution in [2.24, 2.45) is 22.2 Å². The first-order valence-electron chi connectivity index (χ1n) is 3.98. The SMILES string of the molecule is NC(N)=NCC(C[C@H](N)C(=O)Cl)[N+](=O)[O-]. The van der Waals surface area contributed by atoms with Gasteiger partial charge in [-0.25, -0.2) is 4.99 Å². The Labute approximate surface area is 90.6 Å². The zero-order valence-corrected chi connectivity index (χ0v) is 8.55. The summed E-state index contributed by atoms with van der Waals surface area (Å²) < 4.78 is 0. The molecular weight excluding hydrogens is 226 g/mol. The van der Waals surface area contributed by atoms with E-state index in [1.165, 1.54) is 0 Å². The standard InChI is InChI=1S/C6H12ClN5O3/c7-5(13)4(8)1-3(12(14)15)2-11-6(9)10/h3-4H,1-2,8H2,(H4,9,10,11)/t3?,4-/m0/s1. The molecule has 0 heterocycles. The van der Waals surface area contributed by atoms with Crippen molar-refractivity contribution in [3.63, 3.8) is 0 Å². The van der Waals surface area contributed by atoms with E-state index in [1.807, 2.05) is 0 Å². The van der Waals surface area contributed by atoms with E-state index in [4.69, 9.17) is 28.8 Å². The zero-order chi connectivity index (χ0) is 12.0. The molecule has 0 amide bonds. The minimum Gasteiger partial charge on any atom is -0.370 e. The van der Waals surface area contributed by atoms with E-state index in [9.17, 15) is 14.9 Å². The van der Waals surface area contributed by atoms with Gasteiger partial charge in [0.25, 0.3) is 0 Å². The summed E-state index contributed by atoms with van der Waals surface area (Å²) in [6, 6.07) is -2.21. The number of nitrogens with two attached hydrogens (primary N) is 3. The van der Waals surface area contributed by atoms with Crippen molar-refractivity contribution >= 4 is 22.8 Å². The van der Waals surface area contributed by atoms with Crippen LogP contribution in [0.2, 0.25) is 0 Å². The number of rotatable bonds is 6. The van der Waals surface area contributed by atoms with Crippen LogP contribution in [0.25, 0.3) is 0 Å². The third-order valence-corrected chi connectivity index (χ3v) is 1.88. The Balaban J connectivity index is 4.35. The van der Waals surface area contributed by atoms with Gasteiger partial charge in [-0.1, -0.05) is 0 Å². The minimum atomic E-state index is -1.12. The average Bonchev–Trinajstić information content (AvgIpc) is 2.10. The van der Waals surface area contributed by atoms with Crippen LogP contribution in [0.4, 0.5) is 0 Å². The number of aliphatic imine (C=N–C) groups is 1. The van der Waals surface area contributed by atoms with E-state index in [0.717, 1.165) is 0 Å². The van der Waals surface area contributed by atoms with E-state index in [-0.39, 0.29) is 18.9 Å². The highest BCUT2D eigenvalue weighted by molar-refractivity contribution is 6.64. The number of halogens is 1. The van der Waals surface area contributed by atoms with Gasteiger partial charge < -0.3 is 17.2 Å². The van der Waals surface area contributed by atoms with Gasteiger partial charge in [0, 0.05) is 11.3 Å². The fourth-order valence-electron chi connectivity index (χ4n) is 0.824. The number of nitrogens with zero attached hydrogens (tertiary/aromatic N) is 2. The van der Waals surface area contributed by atoms with Crippen LogP contribution in [0.1, 0.15) is 6.42 Å². The molecule has 8 nitrogen and oxygen atoms in total. The Morgan fingerprint density at radius 1 is 1.53 bits per heavy atom. The molecule has 0 radical (unpaired) electrons. The van der Waals surface area contributed by atoms with Gasteiger partial charge in [0.1, 0.15) is 6.54 Å². The van der Waals surface area contributed by atoms with Crippen molar-refractivity contribution in [2.75, 3.05) is 6.54 Å². The third-order valence-electron chi connectivity index (χ3n) is 1.60. The van der Waals surface area contributed by atoms with E-state index in [1.54, 1.807) is 0 Å². The van der Waals surface area contributed by atoms with Gasteiger partial charge in [-0.15, -0.1) is 0 Å². The molecule has 0 fully saturated rings. The van der Waals surface area contributed by atoms with E-state index < -0.39 is 22.2 Å². The third kappa shape index (κ3) is 5.81. The molecule has 0 aromatic carbocycles. The molecule has 0 bridgehead atoms.